The molecule has 0 saturated heterocycles. The fourth-order valence-electron chi connectivity index (χ4n) is 1.74. The van der Waals surface area contributed by atoms with Gasteiger partial charge in [-0.15, -0.1) is 0 Å². The Hall–Kier alpha value is -1.39. The van der Waals surface area contributed by atoms with Crippen molar-refractivity contribution in [3.05, 3.63) is 46.5 Å². The molecule has 5 heteroatoms. The van der Waals surface area contributed by atoms with Crippen LogP contribution in [0.4, 0.5) is 0 Å². The Morgan fingerprint density at radius 1 is 1.37 bits per heavy atom. The topological polar surface area (TPSA) is 42.7 Å². The fraction of sp³-hybridized carbons (Fsp3) is 0.429. The van der Waals surface area contributed by atoms with Crippen molar-refractivity contribution in [2.24, 2.45) is 0 Å². The minimum atomic E-state index is 0.429. The minimum absolute atomic E-state index is 0.429. The molecule has 1 N–H and O–H groups in total. The van der Waals surface area contributed by atoms with Crippen LogP contribution in [-0.4, -0.2) is 20.8 Å². The zero-order chi connectivity index (χ0) is 13.8. The molecule has 0 atom stereocenters. The van der Waals surface area contributed by atoms with E-state index in [9.17, 15) is 0 Å². The Bertz CT molecular complexity index is 548. The highest BCUT2D eigenvalue weighted by Crippen LogP contribution is 2.18. The van der Waals surface area contributed by atoms with Crippen LogP contribution in [0.3, 0.4) is 0 Å². The number of hydrogen-bond donors (Lipinski definition) is 1. The molecule has 0 fully saturated rings. The molecule has 2 rings (SSSR count). The molecule has 1 aromatic heterocycles. The van der Waals surface area contributed by atoms with E-state index in [0.717, 1.165) is 22.0 Å². The smallest absolute Gasteiger partial charge is 0.164 e. The molecule has 0 amide bonds. The van der Waals surface area contributed by atoms with Gasteiger partial charge in [-0.2, -0.15) is 5.10 Å². The van der Waals surface area contributed by atoms with Crippen molar-refractivity contribution in [2.75, 3.05) is 0 Å². The van der Waals surface area contributed by atoms with Crippen molar-refractivity contribution >= 4 is 11.6 Å². The van der Waals surface area contributed by atoms with Crippen LogP contribution in [0.15, 0.2) is 24.5 Å². The molecule has 0 radical (unpaired) electrons. The Morgan fingerprint density at radius 2 is 2.16 bits per heavy atom. The van der Waals surface area contributed by atoms with Crippen LogP contribution in [-0.2, 0) is 13.1 Å². The van der Waals surface area contributed by atoms with Gasteiger partial charge in [0.25, 0.3) is 0 Å². The maximum Gasteiger partial charge on any atom is 0.164 e. The van der Waals surface area contributed by atoms with Crippen LogP contribution in [0.1, 0.15) is 30.8 Å². The van der Waals surface area contributed by atoms with Gasteiger partial charge in [-0.25, -0.2) is 9.67 Å². The summed E-state index contributed by atoms with van der Waals surface area (Å²) in [5, 5.41) is 8.49. The number of aryl methyl sites for hydroxylation is 1. The van der Waals surface area contributed by atoms with E-state index in [1.165, 1.54) is 0 Å². The molecule has 0 aliphatic carbocycles. The van der Waals surface area contributed by atoms with Crippen molar-refractivity contribution in [3.63, 3.8) is 0 Å². The van der Waals surface area contributed by atoms with Crippen LogP contribution in [0, 0.1) is 6.92 Å². The summed E-state index contributed by atoms with van der Waals surface area (Å²) >= 11 is 6.22. The van der Waals surface area contributed by atoms with Gasteiger partial charge < -0.3 is 5.32 Å². The number of rotatable bonds is 5. The van der Waals surface area contributed by atoms with E-state index in [1.807, 2.05) is 23.7 Å². The second-order valence-electron chi connectivity index (χ2n) is 4.99. The first-order valence-electron chi connectivity index (χ1n) is 6.41. The van der Waals surface area contributed by atoms with Gasteiger partial charge in [-0.1, -0.05) is 37.6 Å². The second-order valence-corrected chi connectivity index (χ2v) is 5.40. The predicted octanol–water partition coefficient (Wildman–Crippen LogP) is 2.79. The zero-order valence-corrected chi connectivity index (χ0v) is 12.3. The second kappa shape index (κ2) is 6.17. The van der Waals surface area contributed by atoms with Crippen LogP contribution in [0.25, 0.3) is 0 Å². The maximum atomic E-state index is 6.22. The monoisotopic (exact) mass is 278 g/mol. The summed E-state index contributed by atoms with van der Waals surface area (Å²) in [5.41, 5.74) is 2.22. The first-order chi connectivity index (χ1) is 9.04. The molecular formula is C14H19ClN4. The van der Waals surface area contributed by atoms with Gasteiger partial charge in [0.2, 0.25) is 0 Å². The van der Waals surface area contributed by atoms with Crippen molar-refractivity contribution < 1.29 is 0 Å². The van der Waals surface area contributed by atoms with Crippen molar-refractivity contribution in [2.45, 2.75) is 39.9 Å². The lowest BCUT2D eigenvalue weighted by atomic mass is 10.1. The van der Waals surface area contributed by atoms with E-state index >= 15 is 0 Å². The summed E-state index contributed by atoms with van der Waals surface area (Å²) in [6.07, 6.45) is 1.74. The molecule has 19 heavy (non-hydrogen) atoms. The number of nitrogens with zero attached hydrogens (tertiary/aromatic N) is 3. The highest BCUT2D eigenvalue weighted by Gasteiger charge is 2.05. The first-order valence-corrected chi connectivity index (χ1v) is 6.79. The van der Waals surface area contributed by atoms with E-state index in [1.54, 1.807) is 6.33 Å². The number of benzene rings is 1. The number of hydrogen-bond acceptors (Lipinski definition) is 3. The highest BCUT2D eigenvalue weighted by atomic mass is 35.5. The summed E-state index contributed by atoms with van der Waals surface area (Å²) in [6.45, 7) is 7.56. The van der Waals surface area contributed by atoms with E-state index in [4.69, 9.17) is 11.6 Å². The van der Waals surface area contributed by atoms with Crippen molar-refractivity contribution in [3.8, 4) is 0 Å². The summed E-state index contributed by atoms with van der Waals surface area (Å²) in [6, 6.07) is 6.48. The molecule has 2 aromatic rings. The standard InChI is InChI=1S/C14H19ClN4/c1-10(2)16-7-14-17-9-19(18-14)8-12-5-4-11(3)6-13(12)15/h4-6,9-10,16H,7-8H2,1-3H3. The molecule has 102 valence electrons. The highest BCUT2D eigenvalue weighted by molar-refractivity contribution is 6.31. The Kier molecular flexibility index (Phi) is 4.56. The Balaban J connectivity index is 2.03. The fourth-order valence-corrected chi connectivity index (χ4v) is 2.04. The lowest BCUT2D eigenvalue weighted by molar-refractivity contribution is 0.565. The van der Waals surface area contributed by atoms with Gasteiger partial charge in [0, 0.05) is 11.1 Å². The normalized spacial score (nSPS) is 11.2. The third kappa shape index (κ3) is 4.04. The molecule has 4 nitrogen and oxygen atoms in total. The van der Waals surface area contributed by atoms with Gasteiger partial charge in [0.15, 0.2) is 5.82 Å². The lowest BCUT2D eigenvalue weighted by Gasteiger charge is -2.05. The molecule has 0 saturated carbocycles. The van der Waals surface area contributed by atoms with Gasteiger partial charge in [-0.05, 0) is 24.1 Å². The maximum absolute atomic E-state index is 6.22. The third-order valence-electron chi connectivity index (χ3n) is 2.79. The van der Waals surface area contributed by atoms with Crippen LogP contribution >= 0.6 is 11.6 Å². The molecule has 1 heterocycles. The van der Waals surface area contributed by atoms with Crippen LogP contribution in [0.5, 0.6) is 0 Å². The minimum Gasteiger partial charge on any atom is -0.308 e. The number of nitrogens with one attached hydrogen (secondary N) is 1. The predicted molar refractivity (Wildman–Crippen MR) is 77.3 cm³/mol. The van der Waals surface area contributed by atoms with Gasteiger partial charge >= 0.3 is 0 Å². The van der Waals surface area contributed by atoms with Crippen molar-refractivity contribution in [1.29, 1.82) is 0 Å². The Morgan fingerprint density at radius 3 is 2.84 bits per heavy atom. The van der Waals surface area contributed by atoms with Crippen LogP contribution < -0.4 is 5.32 Å². The SMILES string of the molecule is Cc1ccc(Cn2cnc(CNC(C)C)n2)c(Cl)c1. The van der Waals surface area contributed by atoms with Gasteiger partial charge in [-0.3, -0.25) is 0 Å². The van der Waals surface area contributed by atoms with Crippen molar-refractivity contribution in [1.82, 2.24) is 20.1 Å². The molecule has 0 aliphatic heterocycles. The quantitative estimate of drug-likeness (QED) is 0.914. The summed E-state index contributed by atoms with van der Waals surface area (Å²) in [5.74, 6) is 0.803. The molecule has 0 spiro atoms. The largest absolute Gasteiger partial charge is 0.308 e. The van der Waals surface area contributed by atoms with Gasteiger partial charge in [0.1, 0.15) is 6.33 Å². The average Bonchev–Trinajstić information content (AvgIpc) is 2.78. The van der Waals surface area contributed by atoms with Gasteiger partial charge in [0.05, 0.1) is 13.1 Å². The molecule has 1 aromatic carbocycles. The van der Waals surface area contributed by atoms with Crippen LogP contribution in [0.2, 0.25) is 5.02 Å². The van der Waals surface area contributed by atoms with E-state index in [2.05, 4.69) is 35.3 Å². The summed E-state index contributed by atoms with van der Waals surface area (Å²) < 4.78 is 1.81. The molecule has 0 unspecified atom stereocenters. The summed E-state index contributed by atoms with van der Waals surface area (Å²) in [4.78, 5) is 4.28. The zero-order valence-electron chi connectivity index (χ0n) is 11.5. The number of halogens is 1. The Labute approximate surface area is 118 Å². The van der Waals surface area contributed by atoms with E-state index < -0.39 is 0 Å². The average molecular weight is 279 g/mol. The number of aromatic nitrogens is 3. The molecule has 0 aliphatic rings. The lowest BCUT2D eigenvalue weighted by Crippen LogP contribution is -2.22. The molecule has 0 bridgehead atoms. The summed E-state index contributed by atoms with van der Waals surface area (Å²) in [7, 11) is 0. The molecular weight excluding hydrogens is 260 g/mol. The van der Waals surface area contributed by atoms with E-state index in [-0.39, 0.29) is 0 Å². The third-order valence-corrected chi connectivity index (χ3v) is 3.15. The first kappa shape index (κ1) is 14.0. The van der Waals surface area contributed by atoms with E-state index in [0.29, 0.717) is 19.1 Å².